The standard InChI is InChI=1S/C17H23N3O2/c1-12(11-20(2)3)21-16-6-4-5-7-17(16)22-13-8-9-14(18)15(19)10-13/h4-10,12H,11,18-19H2,1-3H3. The summed E-state index contributed by atoms with van der Waals surface area (Å²) in [6, 6.07) is 12.8. The minimum atomic E-state index is 0.0521. The lowest BCUT2D eigenvalue weighted by Gasteiger charge is -2.20. The summed E-state index contributed by atoms with van der Waals surface area (Å²) < 4.78 is 11.8. The van der Waals surface area contributed by atoms with Crippen LogP contribution in [0.3, 0.4) is 0 Å². The fourth-order valence-corrected chi connectivity index (χ4v) is 2.14. The van der Waals surface area contributed by atoms with E-state index in [0.29, 0.717) is 28.6 Å². The molecule has 5 heteroatoms. The molecule has 0 aliphatic rings. The SMILES string of the molecule is CC(CN(C)C)Oc1ccccc1Oc1ccc(N)c(N)c1. The molecule has 2 rings (SSSR count). The largest absolute Gasteiger partial charge is 0.485 e. The zero-order valence-electron chi connectivity index (χ0n) is 13.2. The van der Waals surface area contributed by atoms with E-state index >= 15 is 0 Å². The number of ether oxygens (including phenoxy) is 2. The van der Waals surface area contributed by atoms with Gasteiger partial charge in [0.25, 0.3) is 0 Å². The lowest BCUT2D eigenvalue weighted by molar-refractivity contribution is 0.172. The van der Waals surface area contributed by atoms with Crippen LogP contribution in [0.5, 0.6) is 17.2 Å². The molecule has 0 aromatic heterocycles. The molecule has 1 atom stereocenters. The van der Waals surface area contributed by atoms with Gasteiger partial charge in [0.15, 0.2) is 11.5 Å². The Morgan fingerprint density at radius 1 is 1.00 bits per heavy atom. The smallest absolute Gasteiger partial charge is 0.169 e. The van der Waals surface area contributed by atoms with E-state index in [1.54, 1.807) is 18.2 Å². The molecule has 2 aromatic carbocycles. The highest BCUT2D eigenvalue weighted by atomic mass is 16.5. The Balaban J connectivity index is 2.15. The fourth-order valence-electron chi connectivity index (χ4n) is 2.14. The second-order valence-electron chi connectivity index (χ2n) is 5.53. The highest BCUT2D eigenvalue weighted by Gasteiger charge is 2.11. The molecule has 118 valence electrons. The van der Waals surface area contributed by atoms with Crippen LogP contribution in [-0.2, 0) is 0 Å². The van der Waals surface area contributed by atoms with Gasteiger partial charge in [0.05, 0.1) is 11.4 Å². The monoisotopic (exact) mass is 301 g/mol. The number of benzene rings is 2. The predicted octanol–water partition coefficient (Wildman–Crippen LogP) is 2.97. The van der Waals surface area contributed by atoms with Gasteiger partial charge < -0.3 is 25.8 Å². The fraction of sp³-hybridized carbons (Fsp3) is 0.294. The molecule has 0 amide bonds. The van der Waals surface area contributed by atoms with Gasteiger partial charge in [-0.25, -0.2) is 0 Å². The summed E-state index contributed by atoms with van der Waals surface area (Å²) >= 11 is 0. The van der Waals surface area contributed by atoms with E-state index in [4.69, 9.17) is 20.9 Å². The van der Waals surface area contributed by atoms with Crippen LogP contribution in [0.4, 0.5) is 11.4 Å². The molecule has 0 spiro atoms. The van der Waals surface area contributed by atoms with Crippen molar-refractivity contribution in [3.05, 3.63) is 42.5 Å². The average molecular weight is 301 g/mol. The minimum Gasteiger partial charge on any atom is -0.485 e. The Morgan fingerprint density at radius 3 is 2.32 bits per heavy atom. The second-order valence-corrected chi connectivity index (χ2v) is 5.53. The summed E-state index contributed by atoms with van der Waals surface area (Å²) in [5.74, 6) is 1.98. The Bertz CT molecular complexity index is 629. The van der Waals surface area contributed by atoms with Gasteiger partial charge in [-0.3, -0.25) is 0 Å². The zero-order valence-corrected chi connectivity index (χ0v) is 13.2. The second kappa shape index (κ2) is 7.04. The highest BCUT2D eigenvalue weighted by molar-refractivity contribution is 5.65. The number of rotatable bonds is 6. The zero-order chi connectivity index (χ0) is 16.1. The van der Waals surface area contributed by atoms with Gasteiger partial charge in [0.2, 0.25) is 0 Å². The lowest BCUT2D eigenvalue weighted by Crippen LogP contribution is -2.28. The van der Waals surface area contributed by atoms with Gasteiger partial charge in [-0.2, -0.15) is 0 Å². The van der Waals surface area contributed by atoms with E-state index < -0.39 is 0 Å². The Kier molecular flexibility index (Phi) is 5.12. The molecule has 0 fully saturated rings. The predicted molar refractivity (Wildman–Crippen MR) is 90.4 cm³/mol. The van der Waals surface area contributed by atoms with Crippen LogP contribution in [-0.4, -0.2) is 31.6 Å². The van der Waals surface area contributed by atoms with Crippen molar-refractivity contribution in [1.82, 2.24) is 4.90 Å². The van der Waals surface area contributed by atoms with E-state index in [0.717, 1.165) is 6.54 Å². The highest BCUT2D eigenvalue weighted by Crippen LogP contribution is 2.33. The molecule has 0 saturated carbocycles. The van der Waals surface area contributed by atoms with Gasteiger partial charge in [-0.1, -0.05) is 12.1 Å². The van der Waals surface area contributed by atoms with E-state index in [2.05, 4.69) is 4.90 Å². The van der Waals surface area contributed by atoms with Gasteiger partial charge in [-0.15, -0.1) is 0 Å². The van der Waals surface area contributed by atoms with Crippen LogP contribution in [0.15, 0.2) is 42.5 Å². The molecule has 2 aromatic rings. The van der Waals surface area contributed by atoms with Crippen LogP contribution in [0.1, 0.15) is 6.92 Å². The van der Waals surface area contributed by atoms with Crippen molar-refractivity contribution in [2.75, 3.05) is 32.1 Å². The topological polar surface area (TPSA) is 73.7 Å². The molecule has 0 aliphatic heterocycles. The van der Waals surface area contributed by atoms with Crippen molar-refractivity contribution in [2.45, 2.75) is 13.0 Å². The first kappa shape index (κ1) is 16.0. The molecule has 4 N–H and O–H groups in total. The number of para-hydroxylation sites is 2. The molecule has 22 heavy (non-hydrogen) atoms. The molecule has 0 heterocycles. The van der Waals surface area contributed by atoms with Gasteiger partial charge in [0.1, 0.15) is 11.9 Å². The van der Waals surface area contributed by atoms with Crippen LogP contribution in [0.25, 0.3) is 0 Å². The number of hydrogen-bond donors (Lipinski definition) is 2. The summed E-state index contributed by atoms with van der Waals surface area (Å²) in [5, 5.41) is 0. The molecule has 0 bridgehead atoms. The third-order valence-electron chi connectivity index (χ3n) is 3.09. The quantitative estimate of drug-likeness (QED) is 0.802. The first-order valence-corrected chi connectivity index (χ1v) is 7.19. The van der Waals surface area contributed by atoms with Crippen molar-refractivity contribution in [1.29, 1.82) is 0 Å². The van der Waals surface area contributed by atoms with Crippen molar-refractivity contribution in [3.63, 3.8) is 0 Å². The number of anilines is 2. The Labute approximate surface area is 131 Å². The number of nitrogens with two attached hydrogens (primary N) is 2. The van der Waals surface area contributed by atoms with Crippen molar-refractivity contribution in [2.24, 2.45) is 0 Å². The van der Waals surface area contributed by atoms with E-state index in [1.807, 2.05) is 45.3 Å². The summed E-state index contributed by atoms with van der Waals surface area (Å²) in [5.41, 5.74) is 12.6. The van der Waals surface area contributed by atoms with Crippen molar-refractivity contribution in [3.8, 4) is 17.2 Å². The maximum absolute atomic E-state index is 5.96. The third kappa shape index (κ3) is 4.30. The van der Waals surface area contributed by atoms with Crippen LogP contribution >= 0.6 is 0 Å². The Morgan fingerprint density at radius 2 is 1.68 bits per heavy atom. The molecular formula is C17H23N3O2. The maximum Gasteiger partial charge on any atom is 0.169 e. The molecule has 1 unspecified atom stereocenters. The van der Waals surface area contributed by atoms with Crippen LogP contribution in [0.2, 0.25) is 0 Å². The van der Waals surface area contributed by atoms with E-state index in [-0.39, 0.29) is 6.10 Å². The van der Waals surface area contributed by atoms with Crippen molar-refractivity contribution < 1.29 is 9.47 Å². The third-order valence-corrected chi connectivity index (χ3v) is 3.09. The molecule has 0 aliphatic carbocycles. The van der Waals surface area contributed by atoms with Crippen LogP contribution < -0.4 is 20.9 Å². The molecule has 0 radical (unpaired) electrons. The number of nitrogen functional groups attached to an aromatic ring is 2. The van der Waals surface area contributed by atoms with Gasteiger partial charge >= 0.3 is 0 Å². The first-order chi connectivity index (χ1) is 10.5. The van der Waals surface area contributed by atoms with Crippen LogP contribution in [0, 0.1) is 0 Å². The minimum absolute atomic E-state index is 0.0521. The first-order valence-electron chi connectivity index (χ1n) is 7.19. The number of nitrogens with zero attached hydrogens (tertiary/aromatic N) is 1. The van der Waals surface area contributed by atoms with Gasteiger partial charge in [0, 0.05) is 12.6 Å². The normalized spacial score (nSPS) is 12.2. The summed E-state index contributed by atoms with van der Waals surface area (Å²) in [6.45, 7) is 2.85. The number of hydrogen-bond acceptors (Lipinski definition) is 5. The summed E-state index contributed by atoms with van der Waals surface area (Å²) in [7, 11) is 4.03. The summed E-state index contributed by atoms with van der Waals surface area (Å²) in [4.78, 5) is 2.08. The molecule has 0 saturated heterocycles. The van der Waals surface area contributed by atoms with E-state index in [1.165, 1.54) is 0 Å². The van der Waals surface area contributed by atoms with Gasteiger partial charge in [-0.05, 0) is 45.3 Å². The average Bonchev–Trinajstić information content (AvgIpc) is 2.44. The maximum atomic E-state index is 5.96. The summed E-state index contributed by atoms with van der Waals surface area (Å²) in [6.07, 6.45) is 0.0521. The number of likely N-dealkylation sites (N-methyl/N-ethyl adjacent to an activating group) is 1. The van der Waals surface area contributed by atoms with E-state index in [9.17, 15) is 0 Å². The molecule has 5 nitrogen and oxygen atoms in total. The lowest BCUT2D eigenvalue weighted by atomic mass is 10.2. The van der Waals surface area contributed by atoms with Crippen molar-refractivity contribution >= 4 is 11.4 Å². The molecular weight excluding hydrogens is 278 g/mol. The Hall–Kier alpha value is -2.40.